The number of carbonyl (C=O) groups excluding carboxylic acids is 1. The van der Waals surface area contributed by atoms with E-state index in [-0.39, 0.29) is 30.2 Å². The molecule has 2 amide bonds. The van der Waals surface area contributed by atoms with Crippen LogP contribution in [-0.2, 0) is 0 Å². The largest absolute Gasteiger partial charge is 0.349 e. The third-order valence-corrected chi connectivity index (χ3v) is 6.55. The Morgan fingerprint density at radius 2 is 1.90 bits per heavy atom. The zero-order chi connectivity index (χ0) is 20.2. The van der Waals surface area contributed by atoms with Crippen LogP contribution in [-0.4, -0.2) is 65.3 Å². The number of hydrogen-bond donors (Lipinski definition) is 4. The summed E-state index contributed by atoms with van der Waals surface area (Å²) in [6, 6.07) is 2.71. The summed E-state index contributed by atoms with van der Waals surface area (Å²) < 4.78 is 1.73. The van der Waals surface area contributed by atoms with Crippen molar-refractivity contribution in [1.29, 1.82) is 0 Å². The minimum atomic E-state index is -0.284. The Hall–Kier alpha value is -1.68. The number of halogens is 1. The van der Waals surface area contributed by atoms with Gasteiger partial charge in [-0.2, -0.15) is 4.98 Å². The molecule has 10 heteroatoms. The van der Waals surface area contributed by atoms with E-state index in [2.05, 4.69) is 20.9 Å². The maximum atomic E-state index is 12.5. The summed E-state index contributed by atoms with van der Waals surface area (Å²) in [7, 11) is 0. The van der Waals surface area contributed by atoms with Gasteiger partial charge in [-0.05, 0) is 57.1 Å². The van der Waals surface area contributed by atoms with Crippen LogP contribution in [0.4, 0.5) is 10.6 Å². The van der Waals surface area contributed by atoms with Crippen LogP contribution >= 0.6 is 12.4 Å². The van der Waals surface area contributed by atoms with Gasteiger partial charge in [-0.1, -0.05) is 0 Å². The summed E-state index contributed by atoms with van der Waals surface area (Å²) in [5.74, 6) is 0.996. The lowest BCUT2D eigenvalue weighted by Gasteiger charge is -2.36. The van der Waals surface area contributed by atoms with Crippen molar-refractivity contribution in [2.45, 2.75) is 56.7 Å². The average Bonchev–Trinajstić information content (AvgIpc) is 2.72. The first-order valence-electron chi connectivity index (χ1n) is 10.9. The number of amides is 2. The molecule has 4 rings (SSSR count). The maximum absolute atomic E-state index is 12.5. The highest BCUT2D eigenvalue weighted by Gasteiger charge is 2.28. The number of hydrogen-bond acceptors (Lipinski definition) is 6. The summed E-state index contributed by atoms with van der Waals surface area (Å²) in [6.07, 6.45) is 8.17. The molecule has 1 aromatic heterocycles. The Morgan fingerprint density at radius 1 is 1.20 bits per heavy atom. The van der Waals surface area contributed by atoms with Gasteiger partial charge < -0.3 is 21.3 Å². The molecule has 0 unspecified atom stereocenters. The molecule has 0 spiro atoms. The number of urea groups is 1. The van der Waals surface area contributed by atoms with Crippen molar-refractivity contribution in [2.24, 2.45) is 11.7 Å². The number of nitrogens with two attached hydrogens (primary N) is 1. The average molecular weight is 440 g/mol. The number of anilines is 1. The molecule has 1 aromatic rings. The molecule has 2 saturated carbocycles. The first kappa shape index (κ1) is 23.0. The fourth-order valence-electron chi connectivity index (χ4n) is 4.61. The van der Waals surface area contributed by atoms with Gasteiger partial charge in [0.05, 0.1) is 0 Å². The van der Waals surface area contributed by atoms with Crippen LogP contribution < -0.4 is 27.4 Å². The molecule has 168 valence electrons. The quantitative estimate of drug-likeness (QED) is 0.541. The second-order valence-electron chi connectivity index (χ2n) is 8.68. The van der Waals surface area contributed by atoms with Crippen LogP contribution in [0.1, 0.15) is 44.6 Å². The molecule has 3 fully saturated rings. The fraction of sp³-hybridized carbons (Fsp3) is 0.750. The van der Waals surface area contributed by atoms with Gasteiger partial charge in [0.2, 0.25) is 0 Å². The molecule has 0 radical (unpaired) electrons. The van der Waals surface area contributed by atoms with Crippen LogP contribution in [0.2, 0.25) is 0 Å². The highest BCUT2D eigenvalue weighted by atomic mass is 35.5. The Balaban J connectivity index is 0.00000256. The predicted molar refractivity (Wildman–Crippen MR) is 119 cm³/mol. The van der Waals surface area contributed by atoms with Gasteiger partial charge in [0, 0.05) is 50.5 Å². The molecule has 1 saturated heterocycles. The summed E-state index contributed by atoms with van der Waals surface area (Å²) in [5.41, 5.74) is 5.56. The standard InChI is InChI=1S/C20H33N7O2.ClH/c21-15-11-16(12-15)23-13-14-1-3-17(4-2-14)27-8-5-18(25-20(27)29)24-19(28)26-9-6-22-7-10-26;/h5,8,14-17,22-23H,1-4,6-7,9-13,21H2,(H,24,25,28,29);1H. The van der Waals surface area contributed by atoms with Crippen LogP contribution in [0, 0.1) is 5.92 Å². The van der Waals surface area contributed by atoms with Crippen molar-refractivity contribution >= 4 is 24.3 Å². The molecule has 0 atom stereocenters. The zero-order valence-electron chi connectivity index (χ0n) is 17.4. The van der Waals surface area contributed by atoms with Gasteiger partial charge in [-0.3, -0.25) is 9.88 Å². The van der Waals surface area contributed by atoms with Crippen LogP contribution in [0.3, 0.4) is 0 Å². The predicted octanol–water partition coefficient (Wildman–Crippen LogP) is 0.913. The number of piperazine rings is 1. The number of rotatable bonds is 5. The Labute approximate surface area is 183 Å². The van der Waals surface area contributed by atoms with E-state index in [0.29, 0.717) is 36.9 Å². The highest BCUT2D eigenvalue weighted by Crippen LogP contribution is 2.31. The summed E-state index contributed by atoms with van der Waals surface area (Å²) >= 11 is 0. The molecule has 2 heterocycles. The fourth-order valence-corrected chi connectivity index (χ4v) is 4.61. The van der Waals surface area contributed by atoms with Gasteiger partial charge in [0.1, 0.15) is 5.82 Å². The monoisotopic (exact) mass is 439 g/mol. The molecular weight excluding hydrogens is 406 g/mol. The van der Waals surface area contributed by atoms with E-state index >= 15 is 0 Å². The summed E-state index contributed by atoms with van der Waals surface area (Å²) in [5, 5.41) is 9.59. The minimum Gasteiger partial charge on any atom is -0.328 e. The molecule has 0 aromatic carbocycles. The van der Waals surface area contributed by atoms with Crippen LogP contribution in [0.15, 0.2) is 17.1 Å². The van der Waals surface area contributed by atoms with Crippen molar-refractivity contribution in [3.63, 3.8) is 0 Å². The van der Waals surface area contributed by atoms with E-state index < -0.39 is 0 Å². The number of nitrogens with one attached hydrogen (secondary N) is 3. The third-order valence-electron chi connectivity index (χ3n) is 6.55. The molecule has 9 nitrogen and oxygen atoms in total. The Morgan fingerprint density at radius 3 is 2.53 bits per heavy atom. The minimum absolute atomic E-state index is 0. The van der Waals surface area contributed by atoms with Crippen LogP contribution in [0.5, 0.6) is 0 Å². The molecular formula is C20H34ClN7O2. The van der Waals surface area contributed by atoms with E-state index in [1.165, 1.54) is 0 Å². The molecule has 5 N–H and O–H groups in total. The summed E-state index contributed by atoms with van der Waals surface area (Å²) in [4.78, 5) is 30.6. The van der Waals surface area contributed by atoms with Gasteiger partial charge in [0.15, 0.2) is 0 Å². The Bertz CT molecular complexity index is 754. The van der Waals surface area contributed by atoms with E-state index in [1.54, 1.807) is 21.7 Å². The summed E-state index contributed by atoms with van der Waals surface area (Å²) in [6.45, 7) is 3.95. The number of nitrogens with zero attached hydrogens (tertiary/aromatic N) is 3. The highest BCUT2D eigenvalue weighted by molar-refractivity contribution is 5.88. The van der Waals surface area contributed by atoms with Gasteiger partial charge >= 0.3 is 11.7 Å². The van der Waals surface area contributed by atoms with E-state index in [9.17, 15) is 9.59 Å². The van der Waals surface area contributed by atoms with Crippen LogP contribution in [0.25, 0.3) is 0 Å². The van der Waals surface area contributed by atoms with Gasteiger partial charge in [-0.25, -0.2) is 9.59 Å². The topological polar surface area (TPSA) is 117 Å². The molecule has 30 heavy (non-hydrogen) atoms. The first-order chi connectivity index (χ1) is 14.1. The van der Waals surface area contributed by atoms with Crippen molar-refractivity contribution in [1.82, 2.24) is 25.1 Å². The lowest BCUT2D eigenvalue weighted by atomic mass is 9.84. The van der Waals surface area contributed by atoms with Crippen molar-refractivity contribution in [3.05, 3.63) is 22.7 Å². The molecule has 2 aliphatic carbocycles. The van der Waals surface area contributed by atoms with E-state index in [1.807, 2.05) is 0 Å². The van der Waals surface area contributed by atoms with Crippen molar-refractivity contribution < 1.29 is 4.79 Å². The first-order valence-corrected chi connectivity index (χ1v) is 10.9. The molecule has 1 aliphatic heterocycles. The van der Waals surface area contributed by atoms with Gasteiger partial charge in [0.25, 0.3) is 0 Å². The Kier molecular flexibility index (Phi) is 8.10. The molecule has 0 bridgehead atoms. The zero-order valence-corrected chi connectivity index (χ0v) is 18.2. The smallest absolute Gasteiger partial charge is 0.328 e. The van der Waals surface area contributed by atoms with Crippen molar-refractivity contribution in [2.75, 3.05) is 38.0 Å². The molecule has 3 aliphatic rings. The maximum Gasteiger partial charge on any atom is 0.349 e. The SMILES string of the molecule is Cl.NC1CC(NCC2CCC(n3ccc(NC(=O)N4CCNCC4)nc3=O)CC2)C1. The third kappa shape index (κ3) is 5.72. The second-order valence-corrected chi connectivity index (χ2v) is 8.68. The lowest BCUT2D eigenvalue weighted by molar-refractivity contribution is 0.203. The number of carbonyl (C=O) groups is 1. The second kappa shape index (κ2) is 10.6. The number of aromatic nitrogens is 2. The normalized spacial score (nSPS) is 28.9. The van der Waals surface area contributed by atoms with E-state index in [0.717, 1.165) is 58.2 Å². The lowest BCUT2D eigenvalue weighted by Crippen LogP contribution is -2.49. The van der Waals surface area contributed by atoms with Gasteiger partial charge in [-0.15, -0.1) is 12.4 Å². The van der Waals surface area contributed by atoms with Crippen molar-refractivity contribution in [3.8, 4) is 0 Å². The van der Waals surface area contributed by atoms with E-state index in [4.69, 9.17) is 5.73 Å².